The van der Waals surface area contributed by atoms with Gasteiger partial charge in [-0.15, -0.1) is 0 Å². The summed E-state index contributed by atoms with van der Waals surface area (Å²) in [5.74, 6) is -0.432. The minimum absolute atomic E-state index is 0.00176. The number of halogens is 7. The number of carbonyl (C=O) groups is 2. The summed E-state index contributed by atoms with van der Waals surface area (Å²) in [5, 5.41) is 0. The first-order chi connectivity index (χ1) is 14.7. The van der Waals surface area contributed by atoms with E-state index >= 15 is 0 Å². The largest absolute Gasteiger partial charge is 0.435 e. The van der Waals surface area contributed by atoms with E-state index in [9.17, 15) is 40.3 Å². The van der Waals surface area contributed by atoms with E-state index in [-0.39, 0.29) is 40.9 Å². The lowest BCUT2D eigenvalue weighted by atomic mass is 9.86. The van der Waals surface area contributed by atoms with Crippen LogP contribution >= 0.6 is 0 Å². The molecule has 2 aromatic carbocycles. The van der Waals surface area contributed by atoms with Crippen LogP contribution in [0.15, 0.2) is 30.3 Å². The molecule has 0 atom stereocenters. The number of rotatable bonds is 5. The Balaban J connectivity index is 2.01. The van der Waals surface area contributed by atoms with Gasteiger partial charge >= 0.3 is 18.0 Å². The predicted octanol–water partition coefficient (Wildman–Crippen LogP) is 6.40. The Hall–Kier alpha value is -2.71. The standard InChI is InChI=1S/C23H19F7O2/c1-3-13-10-16(21(24,22(25,26)27)23(28,29)30)8-12(2)18(13)11-20(32)15-4-6-17-14(9-15)5-7-19(17)31/h4,6,8-10H,3,5,7,11H2,1-2H3. The van der Waals surface area contributed by atoms with E-state index < -0.39 is 29.4 Å². The second-order valence-corrected chi connectivity index (χ2v) is 7.83. The fourth-order valence-corrected chi connectivity index (χ4v) is 4.04. The van der Waals surface area contributed by atoms with Gasteiger partial charge in [-0.2, -0.15) is 26.3 Å². The molecule has 2 nitrogen and oxygen atoms in total. The van der Waals surface area contributed by atoms with Gasteiger partial charge in [-0.3, -0.25) is 9.59 Å². The van der Waals surface area contributed by atoms with Crippen LogP contribution in [0.3, 0.4) is 0 Å². The molecule has 0 bridgehead atoms. The highest BCUT2D eigenvalue weighted by Crippen LogP contribution is 2.53. The van der Waals surface area contributed by atoms with Gasteiger partial charge in [-0.05, 0) is 48.1 Å². The average molecular weight is 460 g/mol. The molecule has 0 saturated carbocycles. The number of alkyl halides is 7. The first-order valence-corrected chi connectivity index (χ1v) is 9.85. The third kappa shape index (κ3) is 3.93. The molecule has 0 aliphatic heterocycles. The molecule has 1 aliphatic rings. The van der Waals surface area contributed by atoms with Gasteiger partial charge in [-0.1, -0.05) is 31.2 Å². The van der Waals surface area contributed by atoms with Gasteiger partial charge in [-0.25, -0.2) is 4.39 Å². The molecule has 0 radical (unpaired) electrons. The molecule has 2 aromatic rings. The number of ketones is 2. The van der Waals surface area contributed by atoms with E-state index in [0.29, 0.717) is 30.5 Å². The maximum absolute atomic E-state index is 14.5. The molecule has 172 valence electrons. The molecule has 3 rings (SSSR count). The van der Waals surface area contributed by atoms with E-state index in [2.05, 4.69) is 0 Å². The average Bonchev–Trinajstić information content (AvgIpc) is 3.07. The van der Waals surface area contributed by atoms with Crippen LogP contribution in [0.5, 0.6) is 0 Å². The Labute approximate surface area is 179 Å². The fourth-order valence-electron chi connectivity index (χ4n) is 4.04. The Morgan fingerprint density at radius 2 is 1.56 bits per heavy atom. The zero-order valence-electron chi connectivity index (χ0n) is 17.2. The van der Waals surface area contributed by atoms with E-state index in [0.717, 1.165) is 5.56 Å². The van der Waals surface area contributed by atoms with Crippen LogP contribution in [0.25, 0.3) is 0 Å². The number of Topliss-reactive ketones (excluding diaryl/α,β-unsaturated/α-hetero) is 2. The van der Waals surface area contributed by atoms with Crippen molar-refractivity contribution in [1.29, 1.82) is 0 Å². The van der Waals surface area contributed by atoms with Crippen LogP contribution < -0.4 is 0 Å². The van der Waals surface area contributed by atoms with Crippen LogP contribution in [0.4, 0.5) is 30.7 Å². The number of hydrogen-bond acceptors (Lipinski definition) is 2. The quantitative estimate of drug-likeness (QED) is 0.382. The first kappa shape index (κ1) is 23.9. The number of hydrogen-bond donors (Lipinski definition) is 0. The van der Waals surface area contributed by atoms with Gasteiger partial charge in [0, 0.05) is 29.5 Å². The topological polar surface area (TPSA) is 34.1 Å². The second-order valence-electron chi connectivity index (χ2n) is 7.83. The van der Waals surface area contributed by atoms with Crippen molar-refractivity contribution in [1.82, 2.24) is 0 Å². The molecule has 0 amide bonds. The third-order valence-electron chi connectivity index (χ3n) is 5.81. The summed E-state index contributed by atoms with van der Waals surface area (Å²) in [5.41, 5.74) is -5.29. The van der Waals surface area contributed by atoms with Gasteiger partial charge in [0.15, 0.2) is 11.6 Å². The summed E-state index contributed by atoms with van der Waals surface area (Å²) in [7, 11) is 0. The highest BCUT2D eigenvalue weighted by atomic mass is 19.4. The van der Waals surface area contributed by atoms with Gasteiger partial charge in [0.05, 0.1) is 0 Å². The Morgan fingerprint density at radius 3 is 2.12 bits per heavy atom. The van der Waals surface area contributed by atoms with Crippen molar-refractivity contribution in [2.24, 2.45) is 0 Å². The molecule has 32 heavy (non-hydrogen) atoms. The summed E-state index contributed by atoms with van der Waals surface area (Å²) in [6.45, 7) is 2.74. The van der Waals surface area contributed by atoms with Crippen LogP contribution in [-0.2, 0) is 24.9 Å². The molecule has 9 heteroatoms. The molecule has 0 unspecified atom stereocenters. The molecular formula is C23H19F7O2. The van der Waals surface area contributed by atoms with Crippen molar-refractivity contribution in [3.05, 3.63) is 69.3 Å². The summed E-state index contributed by atoms with van der Waals surface area (Å²) in [4.78, 5) is 24.5. The zero-order chi connectivity index (χ0) is 24.1. The van der Waals surface area contributed by atoms with Crippen LogP contribution in [-0.4, -0.2) is 23.9 Å². The zero-order valence-corrected chi connectivity index (χ0v) is 17.2. The molecule has 0 N–H and O–H groups in total. The second kappa shape index (κ2) is 8.01. The summed E-state index contributed by atoms with van der Waals surface area (Å²) >= 11 is 0. The minimum atomic E-state index is -6.21. The molecule has 0 heterocycles. The van der Waals surface area contributed by atoms with E-state index in [1.165, 1.54) is 19.9 Å². The minimum Gasteiger partial charge on any atom is -0.294 e. The highest BCUT2D eigenvalue weighted by molar-refractivity contribution is 6.03. The molecule has 0 aromatic heterocycles. The summed E-state index contributed by atoms with van der Waals surface area (Å²) in [6.07, 6.45) is -11.8. The molecule has 1 aliphatic carbocycles. The maximum atomic E-state index is 14.5. The first-order valence-electron chi connectivity index (χ1n) is 9.85. The van der Waals surface area contributed by atoms with Crippen LogP contribution in [0.2, 0.25) is 0 Å². The van der Waals surface area contributed by atoms with E-state index in [1.807, 2.05) is 0 Å². The SMILES string of the molecule is CCc1cc(C(F)(C(F)(F)F)C(F)(F)F)cc(C)c1CC(=O)c1ccc2c(c1)CCC2=O. The van der Waals surface area contributed by atoms with Crippen molar-refractivity contribution in [3.8, 4) is 0 Å². The molecule has 0 spiro atoms. The lowest BCUT2D eigenvalue weighted by Crippen LogP contribution is -2.50. The third-order valence-corrected chi connectivity index (χ3v) is 5.81. The van der Waals surface area contributed by atoms with Gasteiger partial charge in [0.25, 0.3) is 0 Å². The molecular weight excluding hydrogens is 441 g/mol. The lowest BCUT2D eigenvalue weighted by molar-refractivity contribution is -0.348. The summed E-state index contributed by atoms with van der Waals surface area (Å²) < 4.78 is 93.4. The Bertz CT molecular complexity index is 1070. The van der Waals surface area contributed by atoms with Crippen molar-refractivity contribution < 1.29 is 40.3 Å². The van der Waals surface area contributed by atoms with Crippen molar-refractivity contribution in [2.45, 2.75) is 57.6 Å². The number of aryl methyl sites for hydroxylation is 3. The molecule has 0 fully saturated rings. The Kier molecular flexibility index (Phi) is 5.99. The normalized spacial score (nSPS) is 14.6. The number of benzene rings is 2. The van der Waals surface area contributed by atoms with Crippen molar-refractivity contribution in [2.75, 3.05) is 0 Å². The van der Waals surface area contributed by atoms with E-state index in [4.69, 9.17) is 0 Å². The monoisotopic (exact) mass is 460 g/mol. The van der Waals surface area contributed by atoms with Crippen LogP contribution in [0.1, 0.15) is 61.9 Å². The number of fused-ring (bicyclic) bond motifs is 1. The van der Waals surface area contributed by atoms with Gasteiger partial charge in [0.1, 0.15) is 0 Å². The highest BCUT2D eigenvalue weighted by Gasteiger charge is 2.73. The maximum Gasteiger partial charge on any atom is 0.435 e. The van der Waals surface area contributed by atoms with E-state index in [1.54, 1.807) is 12.1 Å². The summed E-state index contributed by atoms with van der Waals surface area (Å²) in [6, 6.07) is 5.64. The van der Waals surface area contributed by atoms with Crippen LogP contribution in [0, 0.1) is 6.92 Å². The van der Waals surface area contributed by atoms with Gasteiger partial charge in [0.2, 0.25) is 0 Å². The smallest absolute Gasteiger partial charge is 0.294 e. The van der Waals surface area contributed by atoms with Crippen molar-refractivity contribution >= 4 is 11.6 Å². The lowest BCUT2D eigenvalue weighted by Gasteiger charge is -2.31. The van der Waals surface area contributed by atoms with Crippen molar-refractivity contribution in [3.63, 3.8) is 0 Å². The Morgan fingerprint density at radius 1 is 0.938 bits per heavy atom. The molecule has 0 saturated heterocycles. The number of carbonyl (C=O) groups excluding carboxylic acids is 2. The van der Waals surface area contributed by atoms with Gasteiger partial charge < -0.3 is 0 Å². The fraction of sp³-hybridized carbons (Fsp3) is 0.391. The predicted molar refractivity (Wildman–Crippen MR) is 103 cm³/mol.